The Morgan fingerprint density at radius 3 is 2.90 bits per heavy atom. The second-order valence-corrected chi connectivity index (χ2v) is 6.45. The van der Waals surface area contributed by atoms with E-state index in [0.29, 0.717) is 0 Å². The maximum absolute atomic E-state index is 4.51. The number of thiophene rings is 1. The van der Waals surface area contributed by atoms with Crippen molar-refractivity contribution >= 4 is 37.5 Å². The highest BCUT2D eigenvalue weighted by molar-refractivity contribution is 9.10. The van der Waals surface area contributed by atoms with Crippen LogP contribution >= 0.6 is 27.3 Å². The van der Waals surface area contributed by atoms with Crippen LogP contribution in [-0.4, -0.2) is 17.0 Å². The van der Waals surface area contributed by atoms with Crippen LogP contribution in [0.25, 0.3) is 10.2 Å². The standard InChI is InChI=1S/C15H14BrN3S/c1-17-14(7-12-3-2-11(16)9-18-12)10-6-15-13(19-8-10)4-5-20-15/h2-6,8-9,14,17H,7H2,1H3. The van der Waals surface area contributed by atoms with E-state index < -0.39 is 0 Å². The average molecular weight is 348 g/mol. The highest BCUT2D eigenvalue weighted by Crippen LogP contribution is 2.24. The molecule has 0 spiro atoms. The molecule has 3 nitrogen and oxygen atoms in total. The molecule has 102 valence electrons. The number of hydrogen-bond donors (Lipinski definition) is 1. The molecule has 0 saturated heterocycles. The molecule has 0 aliphatic carbocycles. The quantitative estimate of drug-likeness (QED) is 0.776. The van der Waals surface area contributed by atoms with Gasteiger partial charge in [0.2, 0.25) is 0 Å². The summed E-state index contributed by atoms with van der Waals surface area (Å²) in [5.41, 5.74) is 3.33. The van der Waals surface area contributed by atoms with Gasteiger partial charge in [-0.25, -0.2) is 0 Å². The number of nitrogens with one attached hydrogen (secondary N) is 1. The van der Waals surface area contributed by atoms with E-state index in [1.165, 1.54) is 10.3 Å². The number of rotatable bonds is 4. The summed E-state index contributed by atoms with van der Waals surface area (Å²) in [5, 5.41) is 5.43. The van der Waals surface area contributed by atoms with E-state index in [2.05, 4.69) is 48.7 Å². The fourth-order valence-corrected chi connectivity index (χ4v) is 3.20. The van der Waals surface area contributed by atoms with Crippen LogP contribution in [-0.2, 0) is 6.42 Å². The molecule has 3 aromatic rings. The molecule has 3 aromatic heterocycles. The molecule has 0 saturated carbocycles. The third-order valence-corrected chi connectivity index (χ3v) is 4.60. The maximum atomic E-state index is 4.51. The molecule has 20 heavy (non-hydrogen) atoms. The van der Waals surface area contributed by atoms with E-state index in [9.17, 15) is 0 Å². The minimum absolute atomic E-state index is 0.225. The molecule has 0 radical (unpaired) electrons. The summed E-state index contributed by atoms with van der Waals surface area (Å²) in [6.07, 6.45) is 4.64. The van der Waals surface area contributed by atoms with Gasteiger partial charge in [-0.05, 0) is 58.2 Å². The number of nitrogens with zero attached hydrogens (tertiary/aromatic N) is 2. The van der Waals surface area contributed by atoms with Crippen molar-refractivity contribution < 1.29 is 0 Å². The van der Waals surface area contributed by atoms with Crippen molar-refractivity contribution in [3.05, 3.63) is 57.8 Å². The molecule has 0 aliphatic heterocycles. The van der Waals surface area contributed by atoms with Crippen molar-refractivity contribution in [2.45, 2.75) is 12.5 Å². The first-order valence-corrected chi connectivity index (χ1v) is 8.04. The third kappa shape index (κ3) is 2.90. The second-order valence-electron chi connectivity index (χ2n) is 4.59. The predicted molar refractivity (Wildman–Crippen MR) is 87.1 cm³/mol. The Morgan fingerprint density at radius 2 is 2.15 bits per heavy atom. The van der Waals surface area contributed by atoms with E-state index in [4.69, 9.17) is 0 Å². The first-order valence-electron chi connectivity index (χ1n) is 6.37. The smallest absolute Gasteiger partial charge is 0.0809 e. The lowest BCUT2D eigenvalue weighted by Crippen LogP contribution is -2.19. The maximum Gasteiger partial charge on any atom is 0.0809 e. The summed E-state index contributed by atoms with van der Waals surface area (Å²) in [6, 6.07) is 8.56. The van der Waals surface area contributed by atoms with Gasteiger partial charge in [-0.15, -0.1) is 11.3 Å². The number of fused-ring (bicyclic) bond motifs is 1. The Labute approximate surface area is 130 Å². The van der Waals surface area contributed by atoms with Crippen LogP contribution in [0.4, 0.5) is 0 Å². The lowest BCUT2D eigenvalue weighted by Gasteiger charge is -2.16. The van der Waals surface area contributed by atoms with Crippen molar-refractivity contribution in [3.63, 3.8) is 0 Å². The van der Waals surface area contributed by atoms with Gasteiger partial charge < -0.3 is 5.32 Å². The number of pyridine rings is 2. The summed E-state index contributed by atoms with van der Waals surface area (Å²) in [7, 11) is 1.97. The Bertz CT molecular complexity index is 708. The molecule has 1 N–H and O–H groups in total. The lowest BCUT2D eigenvalue weighted by atomic mass is 10.0. The molecule has 1 unspecified atom stereocenters. The minimum Gasteiger partial charge on any atom is -0.313 e. The van der Waals surface area contributed by atoms with Gasteiger partial charge in [0.15, 0.2) is 0 Å². The molecular formula is C15H14BrN3S. The van der Waals surface area contributed by atoms with E-state index in [-0.39, 0.29) is 6.04 Å². The molecule has 0 fully saturated rings. The number of hydrogen-bond acceptors (Lipinski definition) is 4. The van der Waals surface area contributed by atoms with Crippen LogP contribution in [0.2, 0.25) is 0 Å². The zero-order valence-electron chi connectivity index (χ0n) is 11.0. The summed E-state index contributed by atoms with van der Waals surface area (Å²) in [5.74, 6) is 0. The van der Waals surface area contributed by atoms with Crippen LogP contribution in [0.3, 0.4) is 0 Å². The summed E-state index contributed by atoms with van der Waals surface area (Å²) >= 11 is 5.14. The van der Waals surface area contributed by atoms with Gasteiger partial charge >= 0.3 is 0 Å². The van der Waals surface area contributed by atoms with Crippen molar-refractivity contribution in [2.75, 3.05) is 7.05 Å². The van der Waals surface area contributed by atoms with Crippen LogP contribution in [0.5, 0.6) is 0 Å². The molecular weight excluding hydrogens is 334 g/mol. The van der Waals surface area contributed by atoms with E-state index >= 15 is 0 Å². The molecule has 0 aromatic carbocycles. The average Bonchev–Trinajstić information content (AvgIpc) is 2.94. The van der Waals surface area contributed by atoms with Crippen LogP contribution in [0, 0.1) is 0 Å². The third-order valence-electron chi connectivity index (χ3n) is 3.28. The lowest BCUT2D eigenvalue weighted by molar-refractivity contribution is 0.583. The SMILES string of the molecule is CNC(Cc1ccc(Br)cn1)c1cnc2ccsc2c1. The van der Waals surface area contributed by atoms with E-state index in [1.54, 1.807) is 11.3 Å². The molecule has 3 heterocycles. The van der Waals surface area contributed by atoms with Gasteiger partial charge in [-0.1, -0.05) is 0 Å². The van der Waals surface area contributed by atoms with Crippen molar-refractivity contribution in [2.24, 2.45) is 0 Å². The van der Waals surface area contributed by atoms with Crippen LogP contribution < -0.4 is 5.32 Å². The molecule has 0 aliphatic rings. The van der Waals surface area contributed by atoms with Crippen LogP contribution in [0.1, 0.15) is 17.3 Å². The number of halogens is 1. The monoisotopic (exact) mass is 347 g/mol. The Morgan fingerprint density at radius 1 is 1.25 bits per heavy atom. The fourth-order valence-electron chi connectivity index (χ4n) is 2.18. The molecule has 5 heteroatoms. The zero-order valence-corrected chi connectivity index (χ0v) is 13.4. The van der Waals surface area contributed by atoms with Gasteiger partial charge in [0.1, 0.15) is 0 Å². The normalized spacial score (nSPS) is 12.7. The molecule has 1 atom stereocenters. The molecule has 0 amide bonds. The summed E-state index contributed by atoms with van der Waals surface area (Å²) in [6.45, 7) is 0. The van der Waals surface area contributed by atoms with Crippen LogP contribution in [0.15, 0.2) is 46.5 Å². The van der Waals surface area contributed by atoms with Gasteiger partial charge in [-0.3, -0.25) is 9.97 Å². The van der Waals surface area contributed by atoms with Gasteiger partial charge in [-0.2, -0.15) is 0 Å². The van der Waals surface area contributed by atoms with Crippen molar-refractivity contribution in [1.29, 1.82) is 0 Å². The highest BCUT2D eigenvalue weighted by Gasteiger charge is 2.12. The zero-order chi connectivity index (χ0) is 13.9. The number of aromatic nitrogens is 2. The number of likely N-dealkylation sites (N-methyl/N-ethyl adjacent to an activating group) is 1. The summed E-state index contributed by atoms with van der Waals surface area (Å²) < 4.78 is 2.23. The first-order chi connectivity index (χ1) is 9.76. The van der Waals surface area contributed by atoms with E-state index in [1.807, 2.05) is 31.6 Å². The highest BCUT2D eigenvalue weighted by atomic mass is 79.9. The van der Waals surface area contributed by atoms with Gasteiger partial charge in [0, 0.05) is 35.0 Å². The minimum atomic E-state index is 0.225. The fraction of sp³-hybridized carbons (Fsp3) is 0.200. The van der Waals surface area contributed by atoms with Gasteiger partial charge in [0.25, 0.3) is 0 Å². The predicted octanol–water partition coefficient (Wildman–Crippen LogP) is 3.96. The Hall–Kier alpha value is -1.30. The van der Waals surface area contributed by atoms with Crippen molar-refractivity contribution in [3.8, 4) is 0 Å². The van der Waals surface area contributed by atoms with Gasteiger partial charge in [0.05, 0.1) is 10.2 Å². The largest absolute Gasteiger partial charge is 0.313 e. The van der Waals surface area contributed by atoms with Crippen molar-refractivity contribution in [1.82, 2.24) is 15.3 Å². The summed E-state index contributed by atoms with van der Waals surface area (Å²) in [4.78, 5) is 8.95. The topological polar surface area (TPSA) is 37.8 Å². The molecule has 3 rings (SSSR count). The Kier molecular flexibility index (Phi) is 4.10. The Balaban J connectivity index is 1.86. The van der Waals surface area contributed by atoms with E-state index in [0.717, 1.165) is 22.1 Å². The second kappa shape index (κ2) is 5.99. The molecule has 0 bridgehead atoms. The first kappa shape index (κ1) is 13.7.